The Morgan fingerprint density at radius 3 is 2.05 bits per heavy atom. The molecule has 3 aromatic carbocycles. The van der Waals surface area contributed by atoms with Crippen LogP contribution >= 0.6 is 11.6 Å². The van der Waals surface area contributed by atoms with Gasteiger partial charge in [-0.05, 0) is 73.1 Å². The van der Waals surface area contributed by atoms with E-state index < -0.39 is 36.0 Å². The zero-order valence-electron chi connectivity index (χ0n) is 22.4. The fraction of sp³-hybridized carbons (Fsp3) is 0.323. The molecular formula is C31H35ClN2O5. The van der Waals surface area contributed by atoms with Crippen LogP contribution in [0.25, 0.3) is 11.1 Å². The Morgan fingerprint density at radius 1 is 0.821 bits per heavy atom. The Bertz CT molecular complexity index is 1260. The zero-order valence-corrected chi connectivity index (χ0v) is 23.1. The molecule has 7 nitrogen and oxygen atoms in total. The number of carboxylic acids is 2. The summed E-state index contributed by atoms with van der Waals surface area (Å²) >= 11 is 6.12. The van der Waals surface area contributed by atoms with Crippen LogP contribution in [0.1, 0.15) is 39.2 Å². The topological polar surface area (TPSA) is 107 Å². The highest BCUT2D eigenvalue weighted by atomic mass is 35.5. The molecule has 0 bridgehead atoms. The number of anilines is 1. The van der Waals surface area contributed by atoms with Gasteiger partial charge in [-0.15, -0.1) is 0 Å². The number of carbonyl (C=O) groups is 3. The summed E-state index contributed by atoms with van der Waals surface area (Å²) in [5, 5.41) is 23.4. The summed E-state index contributed by atoms with van der Waals surface area (Å²) in [4.78, 5) is 39.4. The number of rotatable bonds is 13. The molecule has 3 atom stereocenters. The van der Waals surface area contributed by atoms with E-state index in [9.17, 15) is 24.6 Å². The molecule has 39 heavy (non-hydrogen) atoms. The SMILES string of the molecule is CC(C)C[C@H](N[C@@H](CCc1ccccc1)C(=O)O)C(=O)N(c1ccc(-c2cccc(Cl)c2)cc1)[C@@H](C)C(=O)O. The molecule has 3 aromatic rings. The summed E-state index contributed by atoms with van der Waals surface area (Å²) in [5.74, 6) is -2.65. The summed E-state index contributed by atoms with van der Waals surface area (Å²) in [7, 11) is 0. The van der Waals surface area contributed by atoms with Crippen LogP contribution in [0.4, 0.5) is 5.69 Å². The number of nitrogens with zero attached hydrogens (tertiary/aromatic N) is 1. The Morgan fingerprint density at radius 2 is 1.49 bits per heavy atom. The van der Waals surface area contributed by atoms with Crippen molar-refractivity contribution in [2.24, 2.45) is 5.92 Å². The predicted molar refractivity (Wildman–Crippen MR) is 154 cm³/mol. The average molecular weight is 551 g/mol. The molecule has 8 heteroatoms. The van der Waals surface area contributed by atoms with Gasteiger partial charge in [-0.25, -0.2) is 4.79 Å². The number of carbonyl (C=O) groups excluding carboxylic acids is 1. The minimum Gasteiger partial charge on any atom is -0.480 e. The summed E-state index contributed by atoms with van der Waals surface area (Å²) in [5.41, 5.74) is 3.16. The van der Waals surface area contributed by atoms with Crippen molar-refractivity contribution in [1.29, 1.82) is 0 Å². The van der Waals surface area contributed by atoms with E-state index in [1.807, 2.05) is 62.4 Å². The molecule has 0 spiro atoms. The van der Waals surface area contributed by atoms with Gasteiger partial charge < -0.3 is 10.2 Å². The first-order chi connectivity index (χ1) is 18.6. The average Bonchev–Trinajstić information content (AvgIpc) is 2.90. The van der Waals surface area contributed by atoms with Crippen LogP contribution in [0.15, 0.2) is 78.9 Å². The molecule has 0 aromatic heterocycles. The van der Waals surface area contributed by atoms with E-state index in [0.29, 0.717) is 23.6 Å². The third kappa shape index (κ3) is 8.40. The van der Waals surface area contributed by atoms with Crippen molar-refractivity contribution in [3.8, 4) is 11.1 Å². The van der Waals surface area contributed by atoms with Gasteiger partial charge in [-0.2, -0.15) is 0 Å². The second-order valence-corrected chi connectivity index (χ2v) is 10.5. The highest BCUT2D eigenvalue weighted by Gasteiger charge is 2.35. The van der Waals surface area contributed by atoms with Crippen molar-refractivity contribution in [2.45, 2.75) is 58.2 Å². The summed E-state index contributed by atoms with van der Waals surface area (Å²) in [6.45, 7) is 5.32. The molecule has 0 radical (unpaired) electrons. The maximum absolute atomic E-state index is 13.9. The largest absolute Gasteiger partial charge is 0.480 e. The number of carboxylic acid groups (broad SMARTS) is 2. The van der Waals surface area contributed by atoms with Crippen molar-refractivity contribution in [2.75, 3.05) is 4.90 Å². The molecule has 0 aliphatic rings. The van der Waals surface area contributed by atoms with Gasteiger partial charge >= 0.3 is 11.9 Å². The van der Waals surface area contributed by atoms with Crippen molar-refractivity contribution in [3.05, 3.63) is 89.4 Å². The standard InChI is InChI=1S/C31H35ClN2O5/c1-20(2)18-28(33-27(31(38)39)17-12-22-8-5-4-6-9-22)29(35)34(21(3)30(36)37)26-15-13-23(14-16-26)24-10-7-11-25(32)19-24/h4-11,13-16,19-21,27-28,33H,12,17-18H2,1-3H3,(H,36,37)(H,38,39)/t21-,27-,28-/m0/s1. The Kier molecular flexibility index (Phi) is 10.7. The van der Waals surface area contributed by atoms with E-state index in [1.54, 1.807) is 30.3 Å². The lowest BCUT2D eigenvalue weighted by atomic mass is 9.98. The number of nitrogens with one attached hydrogen (secondary N) is 1. The number of hydrogen-bond acceptors (Lipinski definition) is 4. The Balaban J connectivity index is 1.89. The summed E-state index contributed by atoms with van der Waals surface area (Å²) in [6, 6.07) is 20.9. The molecule has 0 heterocycles. The maximum Gasteiger partial charge on any atom is 0.326 e. The molecule has 3 rings (SSSR count). The van der Waals surface area contributed by atoms with Crippen LogP contribution in [0.3, 0.4) is 0 Å². The number of amides is 1. The maximum atomic E-state index is 13.9. The Labute approximate surface area is 234 Å². The minimum absolute atomic E-state index is 0.0576. The third-order valence-electron chi connectivity index (χ3n) is 6.56. The molecule has 0 saturated heterocycles. The molecular weight excluding hydrogens is 516 g/mol. The molecule has 0 aliphatic heterocycles. The summed E-state index contributed by atoms with van der Waals surface area (Å²) in [6.07, 6.45) is 1.15. The molecule has 1 amide bonds. The van der Waals surface area contributed by atoms with Crippen LogP contribution < -0.4 is 10.2 Å². The first-order valence-corrected chi connectivity index (χ1v) is 13.4. The second kappa shape index (κ2) is 13.9. The highest BCUT2D eigenvalue weighted by molar-refractivity contribution is 6.30. The first kappa shape index (κ1) is 29.9. The number of aliphatic carboxylic acids is 2. The van der Waals surface area contributed by atoms with Gasteiger partial charge in [0.15, 0.2) is 0 Å². The molecule has 0 fully saturated rings. The van der Waals surface area contributed by atoms with Crippen molar-refractivity contribution < 1.29 is 24.6 Å². The van der Waals surface area contributed by atoms with Crippen LogP contribution in [0.2, 0.25) is 5.02 Å². The van der Waals surface area contributed by atoms with E-state index >= 15 is 0 Å². The van der Waals surface area contributed by atoms with E-state index in [2.05, 4.69) is 5.32 Å². The minimum atomic E-state index is -1.17. The monoisotopic (exact) mass is 550 g/mol. The van der Waals surface area contributed by atoms with Crippen LogP contribution in [-0.4, -0.2) is 46.2 Å². The quantitative estimate of drug-likeness (QED) is 0.244. The lowest BCUT2D eigenvalue weighted by Gasteiger charge is -2.33. The molecule has 3 N–H and O–H groups in total. The van der Waals surface area contributed by atoms with Gasteiger partial charge in [0, 0.05) is 10.7 Å². The lowest BCUT2D eigenvalue weighted by molar-refractivity contribution is -0.141. The zero-order chi connectivity index (χ0) is 28.5. The van der Waals surface area contributed by atoms with Crippen molar-refractivity contribution >= 4 is 35.1 Å². The van der Waals surface area contributed by atoms with Gasteiger partial charge in [-0.3, -0.25) is 19.8 Å². The highest BCUT2D eigenvalue weighted by Crippen LogP contribution is 2.27. The van der Waals surface area contributed by atoms with Crippen LogP contribution in [-0.2, 0) is 20.8 Å². The molecule has 0 unspecified atom stereocenters. The van der Waals surface area contributed by atoms with Gasteiger partial charge in [-0.1, -0.05) is 80.0 Å². The second-order valence-electron chi connectivity index (χ2n) is 10.0. The van der Waals surface area contributed by atoms with Crippen LogP contribution in [0, 0.1) is 5.92 Å². The number of aryl methyl sites for hydroxylation is 1. The first-order valence-electron chi connectivity index (χ1n) is 13.0. The normalized spacial score (nSPS) is 13.5. The molecule has 0 saturated carbocycles. The lowest BCUT2D eigenvalue weighted by Crippen LogP contribution is -2.56. The Hall–Kier alpha value is -3.68. The van der Waals surface area contributed by atoms with Crippen molar-refractivity contribution in [1.82, 2.24) is 5.32 Å². The number of hydrogen-bond donors (Lipinski definition) is 3. The van der Waals surface area contributed by atoms with E-state index in [0.717, 1.165) is 16.7 Å². The van der Waals surface area contributed by atoms with Crippen molar-refractivity contribution in [3.63, 3.8) is 0 Å². The van der Waals surface area contributed by atoms with Gasteiger partial charge in [0.05, 0.1) is 6.04 Å². The van der Waals surface area contributed by atoms with E-state index in [-0.39, 0.29) is 12.3 Å². The summed E-state index contributed by atoms with van der Waals surface area (Å²) < 4.78 is 0. The van der Waals surface area contributed by atoms with Crippen LogP contribution in [0.5, 0.6) is 0 Å². The fourth-order valence-electron chi connectivity index (χ4n) is 4.49. The third-order valence-corrected chi connectivity index (χ3v) is 6.79. The van der Waals surface area contributed by atoms with E-state index in [1.165, 1.54) is 11.8 Å². The van der Waals surface area contributed by atoms with Gasteiger partial charge in [0.2, 0.25) is 5.91 Å². The predicted octanol–water partition coefficient (Wildman–Crippen LogP) is 5.90. The number of halogens is 1. The molecule has 0 aliphatic carbocycles. The van der Waals surface area contributed by atoms with Gasteiger partial charge in [0.25, 0.3) is 0 Å². The molecule has 206 valence electrons. The number of benzene rings is 3. The van der Waals surface area contributed by atoms with E-state index in [4.69, 9.17) is 11.6 Å². The smallest absolute Gasteiger partial charge is 0.326 e. The fourth-order valence-corrected chi connectivity index (χ4v) is 4.68. The van der Waals surface area contributed by atoms with Gasteiger partial charge in [0.1, 0.15) is 12.1 Å².